The summed E-state index contributed by atoms with van der Waals surface area (Å²) >= 11 is 0. The smallest absolute Gasteiger partial charge is 0.335 e. The molecule has 116 valence electrons. The molecule has 21 heavy (non-hydrogen) atoms. The number of carboxylic acid groups (broad SMARTS) is 1. The standard InChI is InChI=1S/C14H19NO5S/c1-4-5-9(2)13(16)15-11-6-10(14(17)18)7-12(8-11)21(3,19)20/h6-9H,4-5H2,1-3H3,(H,15,16)(H,17,18). The Labute approximate surface area is 124 Å². The first-order chi connectivity index (χ1) is 9.65. The summed E-state index contributed by atoms with van der Waals surface area (Å²) in [6, 6.07) is 3.58. The summed E-state index contributed by atoms with van der Waals surface area (Å²) < 4.78 is 23.2. The van der Waals surface area contributed by atoms with Gasteiger partial charge in [-0.25, -0.2) is 13.2 Å². The monoisotopic (exact) mass is 313 g/mol. The van der Waals surface area contributed by atoms with Crippen LogP contribution in [0.1, 0.15) is 37.0 Å². The summed E-state index contributed by atoms with van der Waals surface area (Å²) in [6.07, 6.45) is 2.53. The third kappa shape index (κ3) is 4.86. The highest BCUT2D eigenvalue weighted by molar-refractivity contribution is 7.90. The van der Waals surface area contributed by atoms with Crippen molar-refractivity contribution >= 4 is 27.4 Å². The van der Waals surface area contributed by atoms with Crippen LogP contribution in [0.2, 0.25) is 0 Å². The molecule has 0 spiro atoms. The molecule has 0 aliphatic heterocycles. The third-order valence-electron chi connectivity index (χ3n) is 3.02. The van der Waals surface area contributed by atoms with Crippen molar-refractivity contribution in [2.24, 2.45) is 5.92 Å². The molecule has 0 aliphatic rings. The first kappa shape index (κ1) is 17.2. The number of benzene rings is 1. The molecule has 1 unspecified atom stereocenters. The lowest BCUT2D eigenvalue weighted by atomic mass is 10.1. The van der Waals surface area contributed by atoms with Gasteiger partial charge in [0.1, 0.15) is 0 Å². The molecule has 1 aromatic carbocycles. The van der Waals surface area contributed by atoms with Gasteiger partial charge >= 0.3 is 5.97 Å². The van der Waals surface area contributed by atoms with Gasteiger partial charge in [-0.05, 0) is 24.6 Å². The summed E-state index contributed by atoms with van der Waals surface area (Å²) in [6.45, 7) is 3.72. The second-order valence-corrected chi connectivity index (χ2v) is 7.02. The minimum absolute atomic E-state index is 0.138. The number of nitrogens with one attached hydrogen (secondary N) is 1. The van der Waals surface area contributed by atoms with E-state index in [-0.39, 0.29) is 28.0 Å². The molecule has 0 radical (unpaired) electrons. The van der Waals surface area contributed by atoms with Crippen LogP contribution in [-0.2, 0) is 14.6 Å². The Kier molecular flexibility index (Phi) is 5.48. The minimum atomic E-state index is -3.56. The second-order valence-electron chi connectivity index (χ2n) is 5.00. The lowest BCUT2D eigenvalue weighted by Crippen LogP contribution is -2.20. The topological polar surface area (TPSA) is 101 Å². The normalized spacial score (nSPS) is 12.7. The number of rotatable bonds is 6. The molecule has 6 nitrogen and oxygen atoms in total. The van der Waals surface area contributed by atoms with Crippen LogP contribution in [0.15, 0.2) is 23.1 Å². The number of anilines is 1. The van der Waals surface area contributed by atoms with E-state index in [1.54, 1.807) is 6.92 Å². The van der Waals surface area contributed by atoms with Crippen molar-refractivity contribution < 1.29 is 23.1 Å². The highest BCUT2D eigenvalue weighted by atomic mass is 32.2. The van der Waals surface area contributed by atoms with Crippen LogP contribution in [0.3, 0.4) is 0 Å². The zero-order chi connectivity index (χ0) is 16.2. The van der Waals surface area contributed by atoms with Crippen molar-refractivity contribution in [3.63, 3.8) is 0 Å². The fourth-order valence-electron chi connectivity index (χ4n) is 1.84. The number of sulfone groups is 1. The Bertz CT molecular complexity index is 651. The molecule has 1 rings (SSSR count). The zero-order valence-electron chi connectivity index (χ0n) is 12.2. The fraction of sp³-hybridized carbons (Fsp3) is 0.429. The summed E-state index contributed by atoms with van der Waals surface area (Å²) in [5.74, 6) is -1.75. The Balaban J connectivity index is 3.15. The van der Waals surface area contributed by atoms with Gasteiger partial charge in [-0.3, -0.25) is 4.79 Å². The lowest BCUT2D eigenvalue weighted by molar-refractivity contribution is -0.119. The first-order valence-electron chi connectivity index (χ1n) is 6.54. The molecule has 0 aromatic heterocycles. The first-order valence-corrected chi connectivity index (χ1v) is 8.43. The van der Waals surface area contributed by atoms with Crippen molar-refractivity contribution in [1.29, 1.82) is 0 Å². The van der Waals surface area contributed by atoms with Crippen LogP contribution in [-0.4, -0.2) is 31.7 Å². The van der Waals surface area contributed by atoms with Crippen LogP contribution < -0.4 is 5.32 Å². The largest absolute Gasteiger partial charge is 0.478 e. The molecule has 1 atom stereocenters. The zero-order valence-corrected chi connectivity index (χ0v) is 13.0. The van der Waals surface area contributed by atoms with Gasteiger partial charge in [0.05, 0.1) is 10.5 Å². The number of amides is 1. The van der Waals surface area contributed by atoms with Crippen molar-refractivity contribution in [3.8, 4) is 0 Å². The molecule has 0 fully saturated rings. The molecule has 2 N–H and O–H groups in total. The molecular weight excluding hydrogens is 294 g/mol. The maximum atomic E-state index is 11.9. The van der Waals surface area contributed by atoms with E-state index in [0.717, 1.165) is 18.7 Å². The van der Waals surface area contributed by atoms with E-state index < -0.39 is 15.8 Å². The van der Waals surface area contributed by atoms with Crippen LogP contribution in [0.4, 0.5) is 5.69 Å². The van der Waals surface area contributed by atoms with E-state index in [9.17, 15) is 18.0 Å². The Hall–Kier alpha value is -1.89. The Morgan fingerprint density at radius 3 is 2.38 bits per heavy atom. The summed E-state index contributed by atoms with van der Waals surface area (Å²) in [5.41, 5.74) is -0.0142. The van der Waals surface area contributed by atoms with E-state index in [2.05, 4.69) is 5.32 Å². The van der Waals surface area contributed by atoms with Gasteiger partial charge in [0, 0.05) is 17.9 Å². The fourth-order valence-corrected chi connectivity index (χ4v) is 2.52. The van der Waals surface area contributed by atoms with Crippen molar-refractivity contribution in [2.45, 2.75) is 31.6 Å². The van der Waals surface area contributed by atoms with Gasteiger partial charge in [-0.1, -0.05) is 20.3 Å². The SMILES string of the molecule is CCCC(C)C(=O)Nc1cc(C(=O)O)cc(S(C)(=O)=O)c1. The molecule has 7 heteroatoms. The van der Waals surface area contributed by atoms with Crippen LogP contribution in [0.5, 0.6) is 0 Å². The number of hydrogen-bond donors (Lipinski definition) is 2. The van der Waals surface area contributed by atoms with E-state index in [0.29, 0.717) is 6.42 Å². The molecule has 0 saturated carbocycles. The molecule has 0 heterocycles. The summed E-state index contributed by atoms with van der Waals surface area (Å²) in [7, 11) is -3.56. The van der Waals surface area contributed by atoms with Crippen LogP contribution in [0.25, 0.3) is 0 Å². The van der Waals surface area contributed by atoms with E-state index in [4.69, 9.17) is 5.11 Å². The lowest BCUT2D eigenvalue weighted by Gasteiger charge is -2.12. The highest BCUT2D eigenvalue weighted by Crippen LogP contribution is 2.20. The van der Waals surface area contributed by atoms with Crippen molar-refractivity contribution in [3.05, 3.63) is 23.8 Å². The van der Waals surface area contributed by atoms with Gasteiger partial charge in [-0.2, -0.15) is 0 Å². The van der Waals surface area contributed by atoms with Gasteiger partial charge in [0.25, 0.3) is 0 Å². The molecule has 0 bridgehead atoms. The molecule has 0 saturated heterocycles. The number of carbonyl (C=O) groups excluding carboxylic acids is 1. The maximum absolute atomic E-state index is 11.9. The second kappa shape index (κ2) is 6.71. The van der Waals surface area contributed by atoms with Gasteiger partial charge in [0.2, 0.25) is 5.91 Å². The van der Waals surface area contributed by atoms with E-state index in [1.807, 2.05) is 6.92 Å². The van der Waals surface area contributed by atoms with Gasteiger partial charge in [0.15, 0.2) is 9.84 Å². The number of aromatic carboxylic acids is 1. The predicted molar refractivity (Wildman–Crippen MR) is 79.2 cm³/mol. The molecule has 0 aliphatic carbocycles. The van der Waals surface area contributed by atoms with E-state index >= 15 is 0 Å². The predicted octanol–water partition coefficient (Wildman–Crippen LogP) is 2.16. The van der Waals surface area contributed by atoms with Crippen molar-refractivity contribution in [1.82, 2.24) is 0 Å². The number of carbonyl (C=O) groups is 2. The summed E-state index contributed by atoms with van der Waals surface area (Å²) in [5, 5.41) is 11.6. The van der Waals surface area contributed by atoms with Crippen LogP contribution >= 0.6 is 0 Å². The van der Waals surface area contributed by atoms with Gasteiger partial charge in [-0.15, -0.1) is 0 Å². The highest BCUT2D eigenvalue weighted by Gasteiger charge is 2.17. The summed E-state index contributed by atoms with van der Waals surface area (Å²) in [4.78, 5) is 22.8. The quantitative estimate of drug-likeness (QED) is 0.838. The van der Waals surface area contributed by atoms with Crippen molar-refractivity contribution in [2.75, 3.05) is 11.6 Å². The Morgan fingerprint density at radius 2 is 1.90 bits per heavy atom. The average Bonchev–Trinajstić information content (AvgIpc) is 2.37. The molecule has 1 aromatic rings. The maximum Gasteiger partial charge on any atom is 0.335 e. The number of carboxylic acids is 1. The Morgan fingerprint density at radius 1 is 1.29 bits per heavy atom. The molecular formula is C14H19NO5S. The van der Waals surface area contributed by atoms with Crippen LogP contribution in [0, 0.1) is 5.92 Å². The third-order valence-corrected chi connectivity index (χ3v) is 4.11. The van der Waals surface area contributed by atoms with Gasteiger partial charge < -0.3 is 10.4 Å². The average molecular weight is 313 g/mol. The number of hydrogen-bond acceptors (Lipinski definition) is 4. The van der Waals surface area contributed by atoms with E-state index in [1.165, 1.54) is 12.1 Å². The minimum Gasteiger partial charge on any atom is -0.478 e. The molecule has 1 amide bonds.